The van der Waals surface area contributed by atoms with E-state index in [4.69, 9.17) is 10.5 Å². The zero-order chi connectivity index (χ0) is 14.8. The molecule has 0 bridgehead atoms. The van der Waals surface area contributed by atoms with Gasteiger partial charge in [0.25, 0.3) is 5.91 Å². The Morgan fingerprint density at radius 2 is 1.81 bits per heavy atom. The number of carbonyl (C=O) groups is 1. The lowest BCUT2D eigenvalue weighted by Crippen LogP contribution is -2.14. The van der Waals surface area contributed by atoms with E-state index in [1.54, 1.807) is 7.11 Å². The van der Waals surface area contributed by atoms with Gasteiger partial charge >= 0.3 is 0 Å². The van der Waals surface area contributed by atoms with Crippen LogP contribution in [0.15, 0.2) is 54.6 Å². The van der Waals surface area contributed by atoms with Crippen molar-refractivity contribution in [2.45, 2.75) is 0 Å². The van der Waals surface area contributed by atoms with Gasteiger partial charge in [0.1, 0.15) is 11.4 Å². The SMILES string of the molecule is COc1ccc(-c2cc3ccccc3nc2C(N)=O)cc1. The third kappa shape index (κ3) is 2.43. The van der Waals surface area contributed by atoms with E-state index in [-0.39, 0.29) is 5.69 Å². The van der Waals surface area contributed by atoms with E-state index in [0.29, 0.717) is 0 Å². The Morgan fingerprint density at radius 3 is 2.48 bits per heavy atom. The van der Waals surface area contributed by atoms with Crippen molar-refractivity contribution >= 4 is 16.8 Å². The standard InChI is InChI=1S/C17H14N2O2/c1-21-13-8-6-11(7-9-13)14-10-12-4-2-3-5-15(12)19-16(14)17(18)20/h2-10H,1H3,(H2,18,20). The van der Waals surface area contributed by atoms with Gasteiger partial charge < -0.3 is 10.5 Å². The number of methoxy groups -OCH3 is 1. The van der Waals surface area contributed by atoms with Crippen LogP contribution < -0.4 is 10.5 Å². The zero-order valence-electron chi connectivity index (χ0n) is 11.5. The molecule has 1 aromatic heterocycles. The van der Waals surface area contributed by atoms with Crippen LogP contribution in [-0.2, 0) is 0 Å². The van der Waals surface area contributed by atoms with E-state index in [2.05, 4.69) is 4.98 Å². The summed E-state index contributed by atoms with van der Waals surface area (Å²) in [5.74, 6) is 0.222. The van der Waals surface area contributed by atoms with Crippen LogP contribution in [0.3, 0.4) is 0 Å². The number of amides is 1. The summed E-state index contributed by atoms with van der Waals surface area (Å²) in [5.41, 5.74) is 8.11. The summed E-state index contributed by atoms with van der Waals surface area (Å²) in [5, 5.41) is 0.966. The molecule has 1 heterocycles. The first-order chi connectivity index (χ1) is 10.2. The lowest BCUT2D eigenvalue weighted by atomic mass is 10.0. The van der Waals surface area contributed by atoms with Gasteiger partial charge in [0.15, 0.2) is 0 Å². The number of fused-ring (bicyclic) bond motifs is 1. The molecule has 4 heteroatoms. The number of primary amides is 1. The van der Waals surface area contributed by atoms with Crippen molar-refractivity contribution in [2.75, 3.05) is 7.11 Å². The molecule has 2 aromatic carbocycles. The molecule has 21 heavy (non-hydrogen) atoms. The minimum atomic E-state index is -0.536. The van der Waals surface area contributed by atoms with Crippen LogP contribution in [-0.4, -0.2) is 18.0 Å². The Kier molecular flexibility index (Phi) is 3.28. The Balaban J connectivity index is 2.23. The predicted molar refractivity (Wildman–Crippen MR) is 82.2 cm³/mol. The van der Waals surface area contributed by atoms with Gasteiger partial charge in [-0.15, -0.1) is 0 Å². The maximum Gasteiger partial charge on any atom is 0.267 e. The van der Waals surface area contributed by atoms with Crippen molar-refractivity contribution in [1.29, 1.82) is 0 Å². The molecule has 3 rings (SSSR count). The van der Waals surface area contributed by atoms with Gasteiger partial charge in [0.2, 0.25) is 0 Å². The largest absolute Gasteiger partial charge is 0.497 e. The first kappa shape index (κ1) is 13.1. The molecule has 0 saturated carbocycles. The summed E-state index contributed by atoms with van der Waals surface area (Å²) in [6.07, 6.45) is 0. The fourth-order valence-corrected chi connectivity index (χ4v) is 2.29. The second-order valence-corrected chi connectivity index (χ2v) is 4.67. The number of rotatable bonds is 3. The summed E-state index contributed by atoms with van der Waals surface area (Å²) in [6.45, 7) is 0. The van der Waals surface area contributed by atoms with Crippen molar-refractivity contribution in [3.63, 3.8) is 0 Å². The minimum Gasteiger partial charge on any atom is -0.497 e. The number of para-hydroxylation sites is 1. The molecule has 0 atom stereocenters. The van der Waals surface area contributed by atoms with Crippen molar-refractivity contribution < 1.29 is 9.53 Å². The van der Waals surface area contributed by atoms with Crippen LogP contribution in [0.25, 0.3) is 22.0 Å². The van der Waals surface area contributed by atoms with E-state index >= 15 is 0 Å². The van der Waals surface area contributed by atoms with Gasteiger partial charge in [-0.05, 0) is 29.8 Å². The number of aromatic nitrogens is 1. The third-order valence-corrected chi connectivity index (χ3v) is 3.36. The average Bonchev–Trinajstić information content (AvgIpc) is 2.53. The number of nitrogens with zero attached hydrogens (tertiary/aromatic N) is 1. The van der Waals surface area contributed by atoms with Crippen LogP contribution in [0.5, 0.6) is 5.75 Å². The molecule has 3 aromatic rings. The summed E-state index contributed by atoms with van der Waals surface area (Å²) in [4.78, 5) is 16.1. The minimum absolute atomic E-state index is 0.277. The van der Waals surface area contributed by atoms with E-state index in [1.807, 2.05) is 54.6 Å². The van der Waals surface area contributed by atoms with Crippen LogP contribution >= 0.6 is 0 Å². The first-order valence-electron chi connectivity index (χ1n) is 6.53. The van der Waals surface area contributed by atoms with Crippen molar-refractivity contribution in [1.82, 2.24) is 4.98 Å². The van der Waals surface area contributed by atoms with Crippen molar-refractivity contribution in [3.05, 3.63) is 60.3 Å². The Bertz CT molecular complexity index is 811. The highest BCUT2D eigenvalue weighted by Crippen LogP contribution is 2.28. The van der Waals surface area contributed by atoms with Crippen molar-refractivity contribution in [3.8, 4) is 16.9 Å². The predicted octanol–water partition coefficient (Wildman–Crippen LogP) is 3.01. The zero-order valence-corrected chi connectivity index (χ0v) is 11.5. The van der Waals surface area contributed by atoms with E-state index < -0.39 is 5.91 Å². The number of benzene rings is 2. The van der Waals surface area contributed by atoms with E-state index in [9.17, 15) is 4.79 Å². The molecule has 0 saturated heterocycles. The quantitative estimate of drug-likeness (QED) is 0.801. The Morgan fingerprint density at radius 1 is 1.10 bits per heavy atom. The third-order valence-electron chi connectivity index (χ3n) is 3.36. The lowest BCUT2D eigenvalue weighted by molar-refractivity contribution is 0.0996. The van der Waals surface area contributed by atoms with Gasteiger partial charge in [-0.2, -0.15) is 0 Å². The summed E-state index contributed by atoms with van der Waals surface area (Å²) in [6, 6.07) is 17.0. The number of ether oxygens (including phenoxy) is 1. The number of hydrogen-bond acceptors (Lipinski definition) is 3. The molecule has 0 fully saturated rings. The highest BCUT2D eigenvalue weighted by atomic mass is 16.5. The van der Waals surface area contributed by atoms with Gasteiger partial charge in [0, 0.05) is 10.9 Å². The normalized spacial score (nSPS) is 10.5. The molecule has 4 nitrogen and oxygen atoms in total. The second-order valence-electron chi connectivity index (χ2n) is 4.67. The Hall–Kier alpha value is -2.88. The van der Waals surface area contributed by atoms with Gasteiger partial charge in [-0.3, -0.25) is 4.79 Å². The first-order valence-corrected chi connectivity index (χ1v) is 6.53. The van der Waals surface area contributed by atoms with Crippen molar-refractivity contribution in [2.24, 2.45) is 5.73 Å². The average molecular weight is 278 g/mol. The fourth-order valence-electron chi connectivity index (χ4n) is 2.29. The molecule has 0 aliphatic carbocycles. The highest BCUT2D eigenvalue weighted by molar-refractivity contribution is 6.01. The molecule has 0 radical (unpaired) electrons. The van der Waals surface area contributed by atoms with Gasteiger partial charge in [0.05, 0.1) is 12.6 Å². The molecular weight excluding hydrogens is 264 g/mol. The molecule has 104 valence electrons. The molecular formula is C17H14N2O2. The fraction of sp³-hybridized carbons (Fsp3) is 0.0588. The topological polar surface area (TPSA) is 65.2 Å². The molecule has 0 unspecified atom stereocenters. The number of hydrogen-bond donors (Lipinski definition) is 1. The van der Waals surface area contributed by atoms with Gasteiger partial charge in [-0.1, -0.05) is 30.3 Å². The number of carbonyl (C=O) groups excluding carboxylic acids is 1. The van der Waals surface area contributed by atoms with E-state index in [1.165, 1.54) is 0 Å². The van der Waals surface area contributed by atoms with Crippen LogP contribution in [0.1, 0.15) is 10.5 Å². The molecule has 1 amide bonds. The van der Waals surface area contributed by atoms with Crippen LogP contribution in [0, 0.1) is 0 Å². The van der Waals surface area contributed by atoms with Crippen LogP contribution in [0.2, 0.25) is 0 Å². The monoisotopic (exact) mass is 278 g/mol. The smallest absolute Gasteiger partial charge is 0.267 e. The van der Waals surface area contributed by atoms with Crippen LogP contribution in [0.4, 0.5) is 0 Å². The lowest BCUT2D eigenvalue weighted by Gasteiger charge is -2.09. The maximum absolute atomic E-state index is 11.7. The maximum atomic E-state index is 11.7. The summed E-state index contributed by atoms with van der Waals surface area (Å²) < 4.78 is 5.15. The number of nitrogens with two attached hydrogens (primary N) is 1. The molecule has 0 aliphatic rings. The molecule has 0 aliphatic heterocycles. The highest BCUT2D eigenvalue weighted by Gasteiger charge is 2.13. The van der Waals surface area contributed by atoms with E-state index in [0.717, 1.165) is 27.8 Å². The second kappa shape index (κ2) is 5.25. The molecule has 2 N–H and O–H groups in total. The number of pyridine rings is 1. The van der Waals surface area contributed by atoms with Gasteiger partial charge in [-0.25, -0.2) is 4.98 Å². The Labute approximate surface area is 122 Å². The summed E-state index contributed by atoms with van der Waals surface area (Å²) >= 11 is 0. The summed E-state index contributed by atoms with van der Waals surface area (Å²) in [7, 11) is 1.61. The molecule has 0 spiro atoms.